The molecule has 2 N–H and O–H groups in total. The van der Waals surface area contributed by atoms with Gasteiger partial charge in [-0.2, -0.15) is 0 Å². The molecule has 6 heteroatoms. The van der Waals surface area contributed by atoms with E-state index >= 15 is 0 Å². The molecule has 0 amide bonds. The van der Waals surface area contributed by atoms with Crippen molar-refractivity contribution in [3.05, 3.63) is 11.4 Å². The van der Waals surface area contributed by atoms with E-state index in [0.29, 0.717) is 19.6 Å². The van der Waals surface area contributed by atoms with Crippen molar-refractivity contribution >= 4 is 17.6 Å². The first-order chi connectivity index (χ1) is 9.12. The van der Waals surface area contributed by atoms with Crippen molar-refractivity contribution in [2.24, 2.45) is 0 Å². The first-order valence-electron chi connectivity index (χ1n) is 6.57. The Morgan fingerprint density at radius 2 is 1.95 bits per heavy atom. The first kappa shape index (κ1) is 15.2. The Morgan fingerprint density at radius 1 is 1.26 bits per heavy atom. The molecule has 0 fully saturated rings. The molecule has 1 aromatic heterocycles. The zero-order chi connectivity index (χ0) is 14.3. The van der Waals surface area contributed by atoms with Crippen LogP contribution in [0, 0.1) is 6.92 Å². The smallest absolute Gasteiger partial charge is 0.307 e. The predicted octanol–water partition coefficient (Wildman–Crippen LogP) is 1.75. The monoisotopic (exact) mass is 266 g/mol. The van der Waals surface area contributed by atoms with Crippen LogP contribution in [0.2, 0.25) is 0 Å². The highest BCUT2D eigenvalue weighted by Gasteiger charge is 2.09. The molecule has 6 nitrogen and oxygen atoms in total. The number of carbonyl (C=O) groups excluding carboxylic acids is 1. The number of nitrogens with one attached hydrogen (secondary N) is 2. The molecule has 0 spiro atoms. The van der Waals surface area contributed by atoms with Crippen LogP contribution in [-0.4, -0.2) is 36.1 Å². The van der Waals surface area contributed by atoms with Crippen molar-refractivity contribution in [3.63, 3.8) is 0 Å². The number of rotatable bonds is 7. The van der Waals surface area contributed by atoms with Crippen molar-refractivity contribution in [1.29, 1.82) is 0 Å². The minimum Gasteiger partial charge on any atom is -0.466 e. The first-order valence-corrected chi connectivity index (χ1v) is 6.57. The molecule has 19 heavy (non-hydrogen) atoms. The molecular formula is C13H22N4O2. The summed E-state index contributed by atoms with van der Waals surface area (Å²) >= 11 is 0. The van der Waals surface area contributed by atoms with Crippen LogP contribution in [0.1, 0.15) is 31.7 Å². The fourth-order valence-corrected chi connectivity index (χ4v) is 1.65. The van der Waals surface area contributed by atoms with E-state index in [0.717, 1.165) is 29.4 Å². The van der Waals surface area contributed by atoms with Gasteiger partial charge in [-0.25, -0.2) is 9.97 Å². The van der Waals surface area contributed by atoms with Crippen LogP contribution >= 0.6 is 0 Å². The van der Waals surface area contributed by atoms with Crippen LogP contribution in [0.25, 0.3) is 0 Å². The standard InChI is InChI=1S/C13H22N4O2/c1-5-10-16-12(14-4)9(3)13(17-10)15-8-7-11(18)19-6-2/h5-8H2,1-4H3,(H2,14,15,16,17). The third kappa shape index (κ3) is 4.39. The van der Waals surface area contributed by atoms with Gasteiger partial charge < -0.3 is 15.4 Å². The summed E-state index contributed by atoms with van der Waals surface area (Å²) in [5.74, 6) is 2.14. The molecule has 106 valence electrons. The van der Waals surface area contributed by atoms with Crippen molar-refractivity contribution in [1.82, 2.24) is 9.97 Å². The largest absolute Gasteiger partial charge is 0.466 e. The second-order valence-electron chi connectivity index (χ2n) is 4.05. The average Bonchev–Trinajstić information content (AvgIpc) is 2.41. The summed E-state index contributed by atoms with van der Waals surface area (Å²) in [5, 5.41) is 6.21. The van der Waals surface area contributed by atoms with E-state index in [9.17, 15) is 4.79 Å². The van der Waals surface area contributed by atoms with Gasteiger partial charge in [0.2, 0.25) is 0 Å². The zero-order valence-electron chi connectivity index (χ0n) is 12.0. The Labute approximate surface area is 114 Å². The number of carbonyl (C=O) groups is 1. The van der Waals surface area contributed by atoms with Crippen LogP contribution in [0.3, 0.4) is 0 Å². The molecule has 0 bridgehead atoms. The summed E-state index contributed by atoms with van der Waals surface area (Å²) in [7, 11) is 1.83. The summed E-state index contributed by atoms with van der Waals surface area (Å²) in [5.41, 5.74) is 0.948. The molecule has 0 unspecified atom stereocenters. The fourth-order valence-electron chi connectivity index (χ4n) is 1.65. The number of hydrogen-bond acceptors (Lipinski definition) is 6. The summed E-state index contributed by atoms with van der Waals surface area (Å²) in [6.07, 6.45) is 1.09. The van der Waals surface area contributed by atoms with Crippen molar-refractivity contribution in [2.45, 2.75) is 33.6 Å². The van der Waals surface area contributed by atoms with Gasteiger partial charge in [0, 0.05) is 25.6 Å². The number of nitrogens with zero attached hydrogens (tertiary/aromatic N) is 2. The molecule has 0 aliphatic carbocycles. The van der Waals surface area contributed by atoms with Gasteiger partial charge in [0.25, 0.3) is 0 Å². The summed E-state index contributed by atoms with van der Waals surface area (Å²) in [6.45, 7) is 6.66. The Bertz CT molecular complexity index is 435. The van der Waals surface area contributed by atoms with Crippen LogP contribution in [0.5, 0.6) is 0 Å². The summed E-state index contributed by atoms with van der Waals surface area (Å²) in [6, 6.07) is 0. The molecule has 0 saturated heterocycles. The van der Waals surface area contributed by atoms with E-state index in [1.54, 1.807) is 6.92 Å². The number of ether oxygens (including phenoxy) is 1. The normalized spacial score (nSPS) is 10.1. The van der Waals surface area contributed by atoms with Crippen molar-refractivity contribution in [2.75, 3.05) is 30.8 Å². The Kier molecular flexibility index (Phi) is 6.05. The van der Waals surface area contributed by atoms with E-state index in [-0.39, 0.29) is 5.97 Å². The van der Waals surface area contributed by atoms with Gasteiger partial charge in [0.1, 0.15) is 17.5 Å². The molecule has 1 aromatic rings. The average molecular weight is 266 g/mol. The molecule has 0 saturated carbocycles. The minimum absolute atomic E-state index is 0.203. The summed E-state index contributed by atoms with van der Waals surface area (Å²) in [4.78, 5) is 20.1. The molecule has 0 aliphatic rings. The predicted molar refractivity (Wildman–Crippen MR) is 75.4 cm³/mol. The van der Waals surface area contributed by atoms with Gasteiger partial charge in [-0.05, 0) is 13.8 Å². The van der Waals surface area contributed by atoms with Crippen LogP contribution in [0.4, 0.5) is 11.6 Å². The summed E-state index contributed by atoms with van der Waals surface area (Å²) < 4.78 is 4.88. The minimum atomic E-state index is -0.203. The molecule has 0 atom stereocenters. The molecular weight excluding hydrogens is 244 g/mol. The maximum atomic E-state index is 11.3. The Hall–Kier alpha value is -1.85. The lowest BCUT2D eigenvalue weighted by Crippen LogP contribution is -2.14. The van der Waals surface area contributed by atoms with Crippen LogP contribution in [-0.2, 0) is 16.0 Å². The third-order valence-corrected chi connectivity index (χ3v) is 2.67. The van der Waals surface area contributed by atoms with E-state index in [2.05, 4.69) is 20.6 Å². The second kappa shape index (κ2) is 7.56. The van der Waals surface area contributed by atoms with E-state index in [1.165, 1.54) is 0 Å². The SMILES string of the molecule is CCOC(=O)CCNc1nc(CC)nc(NC)c1C. The number of aromatic nitrogens is 2. The van der Waals surface area contributed by atoms with Crippen molar-refractivity contribution < 1.29 is 9.53 Å². The highest BCUT2D eigenvalue weighted by Crippen LogP contribution is 2.19. The lowest BCUT2D eigenvalue weighted by Gasteiger charge is -2.13. The van der Waals surface area contributed by atoms with Gasteiger partial charge in [0.05, 0.1) is 13.0 Å². The van der Waals surface area contributed by atoms with Crippen LogP contribution < -0.4 is 10.6 Å². The third-order valence-electron chi connectivity index (χ3n) is 2.67. The lowest BCUT2D eigenvalue weighted by atomic mass is 10.3. The number of anilines is 2. The Morgan fingerprint density at radius 3 is 2.53 bits per heavy atom. The maximum Gasteiger partial charge on any atom is 0.307 e. The highest BCUT2D eigenvalue weighted by molar-refractivity contribution is 5.70. The molecule has 1 rings (SSSR count). The van der Waals surface area contributed by atoms with Gasteiger partial charge in [-0.3, -0.25) is 4.79 Å². The lowest BCUT2D eigenvalue weighted by molar-refractivity contribution is -0.142. The molecule has 1 heterocycles. The quantitative estimate of drug-likeness (QED) is 0.732. The fraction of sp³-hybridized carbons (Fsp3) is 0.615. The zero-order valence-corrected chi connectivity index (χ0v) is 12.0. The number of hydrogen-bond donors (Lipinski definition) is 2. The molecule has 0 aliphatic heterocycles. The van der Waals surface area contributed by atoms with E-state index in [1.807, 2.05) is 20.9 Å². The van der Waals surface area contributed by atoms with E-state index in [4.69, 9.17) is 4.74 Å². The van der Waals surface area contributed by atoms with Gasteiger partial charge >= 0.3 is 5.97 Å². The number of aryl methyl sites for hydroxylation is 1. The topological polar surface area (TPSA) is 76.1 Å². The molecule has 0 radical (unpaired) electrons. The maximum absolute atomic E-state index is 11.3. The van der Waals surface area contributed by atoms with Gasteiger partial charge in [0.15, 0.2) is 0 Å². The molecule has 0 aromatic carbocycles. The van der Waals surface area contributed by atoms with Gasteiger partial charge in [-0.1, -0.05) is 6.92 Å². The second-order valence-corrected chi connectivity index (χ2v) is 4.05. The number of esters is 1. The highest BCUT2D eigenvalue weighted by atomic mass is 16.5. The van der Waals surface area contributed by atoms with Crippen LogP contribution in [0.15, 0.2) is 0 Å². The van der Waals surface area contributed by atoms with Crippen molar-refractivity contribution in [3.8, 4) is 0 Å². The Balaban J connectivity index is 2.69. The van der Waals surface area contributed by atoms with E-state index < -0.39 is 0 Å². The van der Waals surface area contributed by atoms with Gasteiger partial charge in [-0.15, -0.1) is 0 Å².